The van der Waals surface area contributed by atoms with Gasteiger partial charge in [0, 0.05) is 26.6 Å². The van der Waals surface area contributed by atoms with Gasteiger partial charge in [-0.15, -0.1) is 11.6 Å². The summed E-state index contributed by atoms with van der Waals surface area (Å²) in [6.07, 6.45) is -0.156. The Morgan fingerprint density at radius 2 is 2.00 bits per heavy atom. The maximum Gasteiger partial charge on any atom is 0.343 e. The zero-order valence-electron chi connectivity index (χ0n) is 10.8. The predicted octanol–water partition coefficient (Wildman–Crippen LogP) is -0.566. The molecule has 1 saturated heterocycles. The van der Waals surface area contributed by atoms with E-state index in [9.17, 15) is 14.7 Å². The third kappa shape index (κ3) is 1.38. The van der Waals surface area contributed by atoms with Gasteiger partial charge in [0.1, 0.15) is 0 Å². The molecular formula is C11H15ClO7. The van der Waals surface area contributed by atoms with Crippen LogP contribution in [0.4, 0.5) is 0 Å². The summed E-state index contributed by atoms with van der Waals surface area (Å²) in [5.74, 6) is -4.45. The van der Waals surface area contributed by atoms with E-state index in [1.807, 2.05) is 0 Å². The summed E-state index contributed by atoms with van der Waals surface area (Å²) in [6.45, 7) is -0.0178. The van der Waals surface area contributed by atoms with Crippen molar-refractivity contribution in [2.24, 2.45) is 5.92 Å². The molecule has 0 radical (unpaired) electrons. The second-order valence-electron chi connectivity index (χ2n) is 4.59. The van der Waals surface area contributed by atoms with Crippen molar-refractivity contribution >= 4 is 23.5 Å². The number of esters is 2. The molecule has 1 heterocycles. The minimum Gasteiger partial charge on any atom is -0.467 e. The molecule has 1 N–H and O–H groups in total. The molecule has 1 aliphatic carbocycles. The monoisotopic (exact) mass is 294 g/mol. The van der Waals surface area contributed by atoms with Gasteiger partial charge >= 0.3 is 11.9 Å². The first-order chi connectivity index (χ1) is 8.84. The van der Waals surface area contributed by atoms with E-state index in [2.05, 4.69) is 4.74 Å². The topological polar surface area (TPSA) is 91.3 Å². The molecule has 8 heteroatoms. The fraction of sp³-hybridized carbons (Fsp3) is 0.818. The highest BCUT2D eigenvalue weighted by molar-refractivity contribution is 6.36. The first-order valence-electron chi connectivity index (χ1n) is 5.61. The molecule has 0 aromatic heterocycles. The van der Waals surface area contributed by atoms with Gasteiger partial charge in [0.15, 0.2) is 0 Å². The lowest BCUT2D eigenvalue weighted by atomic mass is 9.90. The van der Waals surface area contributed by atoms with Gasteiger partial charge in [0.25, 0.3) is 0 Å². The second-order valence-corrected chi connectivity index (χ2v) is 5.18. The van der Waals surface area contributed by atoms with E-state index in [0.717, 1.165) is 7.11 Å². The average Bonchev–Trinajstić information content (AvgIpc) is 2.79. The van der Waals surface area contributed by atoms with Gasteiger partial charge in [-0.1, -0.05) is 0 Å². The minimum atomic E-state index is -2.18. The number of ether oxygens (including phenoxy) is 4. The molecule has 3 atom stereocenters. The first kappa shape index (κ1) is 14.5. The number of cyclic esters (lactones) is 1. The van der Waals surface area contributed by atoms with Crippen molar-refractivity contribution in [3.63, 3.8) is 0 Å². The summed E-state index contributed by atoms with van der Waals surface area (Å²) in [4.78, 5) is 22.0. The normalized spacial score (nSPS) is 39.8. The van der Waals surface area contributed by atoms with Crippen molar-refractivity contribution in [3.8, 4) is 0 Å². The Labute approximate surface area is 114 Å². The van der Waals surface area contributed by atoms with Crippen LogP contribution in [-0.4, -0.2) is 61.2 Å². The lowest BCUT2D eigenvalue weighted by Gasteiger charge is -2.42. The summed E-state index contributed by atoms with van der Waals surface area (Å²) in [6, 6.07) is 0. The Balaban J connectivity index is 2.62. The molecule has 1 aliphatic heterocycles. The highest BCUT2D eigenvalue weighted by Gasteiger charge is 2.82. The molecule has 108 valence electrons. The Hall–Kier alpha value is -0.890. The van der Waals surface area contributed by atoms with Crippen LogP contribution in [0.5, 0.6) is 0 Å². The molecule has 0 aromatic rings. The number of aliphatic hydroxyl groups is 1. The van der Waals surface area contributed by atoms with Crippen molar-refractivity contribution in [3.05, 3.63) is 0 Å². The van der Waals surface area contributed by atoms with Crippen LogP contribution in [0.1, 0.15) is 6.42 Å². The molecule has 2 aliphatic rings. The molecule has 1 saturated carbocycles. The van der Waals surface area contributed by atoms with E-state index < -0.39 is 34.1 Å². The van der Waals surface area contributed by atoms with E-state index in [0.29, 0.717) is 0 Å². The maximum atomic E-state index is 11.9. The van der Waals surface area contributed by atoms with E-state index in [4.69, 9.17) is 25.8 Å². The van der Waals surface area contributed by atoms with Crippen LogP contribution >= 0.6 is 11.6 Å². The number of fused-ring (bicyclic) bond motifs is 1. The third-order valence-corrected chi connectivity index (χ3v) is 4.65. The van der Waals surface area contributed by atoms with E-state index in [1.54, 1.807) is 0 Å². The molecule has 0 spiro atoms. The number of rotatable bonds is 3. The number of hydrogen-bond donors (Lipinski definition) is 1. The molecule has 0 unspecified atom stereocenters. The molecule has 0 amide bonds. The molecule has 19 heavy (non-hydrogen) atoms. The molecular weight excluding hydrogens is 280 g/mol. The SMILES string of the molecule is COC(=O)[C@@]1(O)C[C@@H]2COC(=O)[C@]2(Cl)C1(OC)OC. The van der Waals surface area contributed by atoms with Crippen LogP contribution in [0, 0.1) is 5.92 Å². The van der Waals surface area contributed by atoms with Crippen LogP contribution in [0.3, 0.4) is 0 Å². The quantitative estimate of drug-likeness (QED) is 0.423. The number of carbonyl (C=O) groups is 2. The van der Waals surface area contributed by atoms with Crippen LogP contribution < -0.4 is 0 Å². The van der Waals surface area contributed by atoms with E-state index in [1.165, 1.54) is 14.2 Å². The molecule has 2 fully saturated rings. The summed E-state index contributed by atoms with van der Waals surface area (Å²) in [5.41, 5.74) is -2.18. The molecule has 0 bridgehead atoms. The van der Waals surface area contributed by atoms with Crippen LogP contribution in [-0.2, 0) is 28.5 Å². The van der Waals surface area contributed by atoms with Gasteiger partial charge in [0.2, 0.25) is 16.3 Å². The van der Waals surface area contributed by atoms with E-state index >= 15 is 0 Å². The van der Waals surface area contributed by atoms with Crippen LogP contribution in [0.25, 0.3) is 0 Å². The number of alkyl halides is 1. The lowest BCUT2D eigenvalue weighted by molar-refractivity contribution is -0.293. The summed E-state index contributed by atoms with van der Waals surface area (Å²) < 4.78 is 19.8. The Kier molecular flexibility index (Phi) is 3.29. The maximum absolute atomic E-state index is 11.9. The van der Waals surface area contributed by atoms with Crippen molar-refractivity contribution in [2.45, 2.75) is 22.7 Å². The highest BCUT2D eigenvalue weighted by Crippen LogP contribution is 2.59. The highest BCUT2D eigenvalue weighted by atomic mass is 35.5. The minimum absolute atomic E-state index is 0.0178. The van der Waals surface area contributed by atoms with Gasteiger partial charge in [-0.2, -0.15) is 0 Å². The number of halogens is 1. The number of methoxy groups -OCH3 is 3. The van der Waals surface area contributed by atoms with Gasteiger partial charge < -0.3 is 24.1 Å². The predicted molar refractivity (Wildman–Crippen MR) is 61.4 cm³/mol. The van der Waals surface area contributed by atoms with Crippen molar-refractivity contribution in [1.29, 1.82) is 0 Å². The fourth-order valence-corrected chi connectivity index (χ4v) is 3.57. The van der Waals surface area contributed by atoms with Crippen molar-refractivity contribution in [2.75, 3.05) is 27.9 Å². The van der Waals surface area contributed by atoms with Crippen LogP contribution in [0.2, 0.25) is 0 Å². The average molecular weight is 295 g/mol. The second kappa shape index (κ2) is 4.31. The van der Waals surface area contributed by atoms with Crippen molar-refractivity contribution < 1.29 is 33.6 Å². The third-order valence-electron chi connectivity index (χ3n) is 3.94. The van der Waals surface area contributed by atoms with E-state index in [-0.39, 0.29) is 13.0 Å². The summed E-state index contributed by atoms with van der Waals surface area (Å²) >= 11 is 6.33. The zero-order chi connectivity index (χ0) is 14.5. The zero-order valence-corrected chi connectivity index (χ0v) is 11.5. The molecule has 2 rings (SSSR count). The molecule has 0 aromatic carbocycles. The van der Waals surface area contributed by atoms with Crippen molar-refractivity contribution in [1.82, 2.24) is 0 Å². The van der Waals surface area contributed by atoms with Crippen LogP contribution in [0.15, 0.2) is 0 Å². The lowest BCUT2D eigenvalue weighted by Crippen LogP contribution is -2.67. The summed E-state index contributed by atoms with van der Waals surface area (Å²) in [5, 5.41) is 10.6. The number of carbonyl (C=O) groups excluding carboxylic acids is 2. The van der Waals surface area contributed by atoms with Gasteiger partial charge in [-0.05, 0) is 0 Å². The number of hydrogen-bond acceptors (Lipinski definition) is 7. The first-order valence-corrected chi connectivity index (χ1v) is 5.99. The van der Waals surface area contributed by atoms with Gasteiger partial charge in [0.05, 0.1) is 13.7 Å². The Morgan fingerprint density at radius 3 is 2.47 bits per heavy atom. The Morgan fingerprint density at radius 1 is 1.42 bits per heavy atom. The summed E-state index contributed by atoms with van der Waals surface area (Å²) in [7, 11) is 3.49. The largest absolute Gasteiger partial charge is 0.467 e. The standard InChI is InChI=1S/C11H15ClO7/c1-16-7(13)9(15)4-6-5-19-8(14)10(6,12)11(9,17-2)18-3/h6,15H,4-5H2,1-3H3/t6-,9+,10+/m1/s1. The Bertz CT molecular complexity index is 421. The van der Waals surface area contributed by atoms with Gasteiger partial charge in [-0.25, -0.2) is 9.59 Å². The smallest absolute Gasteiger partial charge is 0.343 e. The fourth-order valence-electron chi connectivity index (χ4n) is 3.06. The van der Waals surface area contributed by atoms with Gasteiger partial charge in [-0.3, -0.25) is 0 Å². The molecule has 7 nitrogen and oxygen atoms in total.